The summed E-state index contributed by atoms with van der Waals surface area (Å²) in [5, 5.41) is 9.99. The number of nitrogens with zero attached hydrogens (tertiary/aromatic N) is 1. The van der Waals surface area contributed by atoms with Crippen LogP contribution in [0.2, 0.25) is 5.02 Å². The molecular weight excluding hydrogens is 398 g/mol. The Kier molecular flexibility index (Phi) is 6.88. The van der Waals surface area contributed by atoms with Crippen LogP contribution in [0.3, 0.4) is 0 Å². The largest absolute Gasteiger partial charge is 0.481 e. The van der Waals surface area contributed by atoms with Gasteiger partial charge in [-0.05, 0) is 72.2 Å². The number of carbonyl (C=O) groups is 1. The zero-order valence-electron chi connectivity index (χ0n) is 17.1. The summed E-state index contributed by atoms with van der Waals surface area (Å²) in [5.74, 6) is -0.931. The van der Waals surface area contributed by atoms with Crippen LogP contribution in [0.4, 0.5) is 0 Å². The fourth-order valence-corrected chi connectivity index (χ4v) is 4.70. The molecule has 30 heavy (non-hydrogen) atoms. The second kappa shape index (κ2) is 9.78. The molecule has 1 saturated heterocycles. The zero-order valence-corrected chi connectivity index (χ0v) is 17.9. The molecule has 1 N–H and O–H groups in total. The maximum absolute atomic E-state index is 11.2. The van der Waals surface area contributed by atoms with Gasteiger partial charge in [-0.3, -0.25) is 4.79 Å². The van der Waals surface area contributed by atoms with Crippen LogP contribution in [-0.4, -0.2) is 48.8 Å². The fourth-order valence-electron chi connectivity index (χ4n) is 4.53. The third-order valence-corrected chi connectivity index (χ3v) is 6.38. The second-order valence-corrected chi connectivity index (χ2v) is 8.57. The van der Waals surface area contributed by atoms with E-state index in [-0.39, 0.29) is 5.92 Å². The molecule has 5 heteroatoms. The summed E-state index contributed by atoms with van der Waals surface area (Å²) in [6, 6.07) is 14.7. The molecule has 2 aliphatic rings. The van der Waals surface area contributed by atoms with Crippen molar-refractivity contribution in [1.82, 2.24) is 4.90 Å². The smallest absolute Gasteiger partial charge is 0.307 e. The quantitative estimate of drug-likeness (QED) is 0.682. The number of rotatable bonds is 6. The maximum atomic E-state index is 11.2. The first kappa shape index (κ1) is 21.1. The monoisotopic (exact) mass is 425 g/mol. The molecule has 1 aliphatic heterocycles. The highest BCUT2D eigenvalue weighted by atomic mass is 35.5. The van der Waals surface area contributed by atoms with Gasteiger partial charge in [0.05, 0.1) is 19.1 Å². The number of carboxylic acids is 1. The van der Waals surface area contributed by atoms with Gasteiger partial charge in [0.1, 0.15) is 0 Å². The predicted octanol–water partition coefficient (Wildman–Crippen LogP) is 4.68. The fraction of sp³-hybridized carbons (Fsp3) is 0.400. The van der Waals surface area contributed by atoms with Crippen molar-refractivity contribution in [2.75, 3.05) is 32.8 Å². The number of hydrogen-bond donors (Lipinski definition) is 1. The summed E-state index contributed by atoms with van der Waals surface area (Å²) >= 11 is 6.32. The van der Waals surface area contributed by atoms with E-state index >= 15 is 0 Å². The Bertz CT molecular complexity index is 940. The molecule has 4 nitrogen and oxygen atoms in total. The van der Waals surface area contributed by atoms with Crippen LogP contribution >= 0.6 is 11.6 Å². The van der Waals surface area contributed by atoms with Gasteiger partial charge in [-0.2, -0.15) is 0 Å². The SMILES string of the molecule is O=C(O)[C@@H]1CCCN(CCOCC=C2c3ccccc3CCc3ccc(Cl)cc32)C1. The third-order valence-electron chi connectivity index (χ3n) is 6.15. The van der Waals surface area contributed by atoms with E-state index in [0.717, 1.165) is 43.8 Å². The van der Waals surface area contributed by atoms with Gasteiger partial charge in [0, 0.05) is 18.1 Å². The van der Waals surface area contributed by atoms with E-state index in [1.165, 1.54) is 27.8 Å². The van der Waals surface area contributed by atoms with Crippen molar-refractivity contribution in [3.63, 3.8) is 0 Å². The first-order chi connectivity index (χ1) is 14.6. The van der Waals surface area contributed by atoms with E-state index in [4.69, 9.17) is 16.3 Å². The van der Waals surface area contributed by atoms with Gasteiger partial charge in [0.15, 0.2) is 0 Å². The number of likely N-dealkylation sites (tertiary alicyclic amines) is 1. The lowest BCUT2D eigenvalue weighted by molar-refractivity contribution is -0.143. The van der Waals surface area contributed by atoms with Crippen LogP contribution in [0.25, 0.3) is 5.57 Å². The highest BCUT2D eigenvalue weighted by Crippen LogP contribution is 2.34. The van der Waals surface area contributed by atoms with Gasteiger partial charge in [-0.25, -0.2) is 0 Å². The van der Waals surface area contributed by atoms with Crippen molar-refractivity contribution < 1.29 is 14.6 Å². The molecule has 0 bridgehead atoms. The molecule has 0 radical (unpaired) electrons. The number of piperidine rings is 1. The first-order valence-electron chi connectivity index (χ1n) is 10.7. The summed E-state index contributed by atoms with van der Waals surface area (Å²) < 4.78 is 5.94. The molecule has 0 unspecified atom stereocenters. The van der Waals surface area contributed by atoms with E-state index < -0.39 is 5.97 Å². The molecule has 4 rings (SSSR count). The highest BCUT2D eigenvalue weighted by molar-refractivity contribution is 6.30. The average Bonchev–Trinajstić information content (AvgIpc) is 2.90. The van der Waals surface area contributed by atoms with Gasteiger partial charge in [0.2, 0.25) is 0 Å². The summed E-state index contributed by atoms with van der Waals surface area (Å²) in [5.41, 5.74) is 6.29. The van der Waals surface area contributed by atoms with Crippen molar-refractivity contribution >= 4 is 23.1 Å². The molecule has 1 aliphatic carbocycles. The van der Waals surface area contributed by atoms with Crippen LogP contribution in [0.1, 0.15) is 35.1 Å². The third kappa shape index (κ3) is 4.94. The average molecular weight is 426 g/mol. The molecule has 1 heterocycles. The van der Waals surface area contributed by atoms with E-state index in [1.807, 2.05) is 6.07 Å². The van der Waals surface area contributed by atoms with Crippen LogP contribution in [0.5, 0.6) is 0 Å². The van der Waals surface area contributed by atoms with E-state index in [9.17, 15) is 9.90 Å². The van der Waals surface area contributed by atoms with E-state index in [1.54, 1.807) is 0 Å². The van der Waals surface area contributed by atoms with E-state index in [0.29, 0.717) is 19.8 Å². The molecule has 2 aromatic carbocycles. The van der Waals surface area contributed by atoms with E-state index in [2.05, 4.69) is 47.4 Å². The first-order valence-corrected chi connectivity index (χ1v) is 11.1. The van der Waals surface area contributed by atoms with Crippen molar-refractivity contribution in [3.8, 4) is 0 Å². The van der Waals surface area contributed by atoms with Gasteiger partial charge in [0.25, 0.3) is 0 Å². The maximum Gasteiger partial charge on any atom is 0.307 e. The van der Waals surface area contributed by atoms with Crippen LogP contribution in [0.15, 0.2) is 48.5 Å². The summed E-state index contributed by atoms with van der Waals surface area (Å²) in [6.45, 7) is 3.46. The summed E-state index contributed by atoms with van der Waals surface area (Å²) in [7, 11) is 0. The lowest BCUT2D eigenvalue weighted by Gasteiger charge is -2.30. The number of ether oxygens (including phenoxy) is 1. The van der Waals surface area contributed by atoms with Crippen LogP contribution in [0, 0.1) is 5.92 Å². The van der Waals surface area contributed by atoms with Crippen molar-refractivity contribution in [3.05, 3.63) is 75.8 Å². The van der Waals surface area contributed by atoms with Crippen molar-refractivity contribution in [2.24, 2.45) is 5.92 Å². The number of halogens is 1. The summed E-state index contributed by atoms with van der Waals surface area (Å²) in [6.07, 6.45) is 5.90. The Morgan fingerprint density at radius 1 is 1.17 bits per heavy atom. The molecule has 2 aromatic rings. The molecule has 1 fully saturated rings. The Hall–Kier alpha value is -2.14. The molecule has 0 aromatic heterocycles. The van der Waals surface area contributed by atoms with Gasteiger partial charge in [-0.15, -0.1) is 0 Å². The standard InChI is InChI=1S/C25H28ClNO3/c26-21-10-9-19-8-7-18-4-1-2-6-22(18)23(24(19)16-21)11-14-30-15-13-27-12-3-5-20(17-27)25(28)29/h1-2,4,6,9-11,16,20H,3,5,7-8,12-15,17H2,(H,28,29)/t20-/m1/s1. The number of fused-ring (bicyclic) bond motifs is 2. The minimum atomic E-state index is -0.685. The lowest BCUT2D eigenvalue weighted by Crippen LogP contribution is -2.40. The topological polar surface area (TPSA) is 49.8 Å². The molecule has 1 atom stereocenters. The predicted molar refractivity (Wildman–Crippen MR) is 120 cm³/mol. The van der Waals surface area contributed by atoms with Crippen molar-refractivity contribution in [2.45, 2.75) is 25.7 Å². The Labute approximate surface area is 183 Å². The number of aryl methyl sites for hydroxylation is 2. The van der Waals surface area contributed by atoms with Gasteiger partial charge in [-0.1, -0.05) is 48.0 Å². The van der Waals surface area contributed by atoms with Crippen LogP contribution < -0.4 is 0 Å². The number of aliphatic carboxylic acids is 1. The number of benzene rings is 2. The lowest BCUT2D eigenvalue weighted by atomic mass is 9.94. The van der Waals surface area contributed by atoms with Crippen LogP contribution in [-0.2, 0) is 22.4 Å². The normalized spacial score (nSPS) is 20.4. The minimum absolute atomic E-state index is 0.246. The van der Waals surface area contributed by atoms with Gasteiger partial charge >= 0.3 is 5.97 Å². The Morgan fingerprint density at radius 2 is 1.97 bits per heavy atom. The minimum Gasteiger partial charge on any atom is -0.481 e. The Balaban J connectivity index is 1.43. The molecule has 0 spiro atoms. The second-order valence-electron chi connectivity index (χ2n) is 8.13. The molecule has 158 valence electrons. The highest BCUT2D eigenvalue weighted by Gasteiger charge is 2.25. The summed E-state index contributed by atoms with van der Waals surface area (Å²) in [4.78, 5) is 13.4. The molecular formula is C25H28ClNO3. The van der Waals surface area contributed by atoms with Crippen molar-refractivity contribution in [1.29, 1.82) is 0 Å². The number of carboxylic acid groups (broad SMARTS) is 1. The Morgan fingerprint density at radius 3 is 2.80 bits per heavy atom. The molecule has 0 amide bonds. The molecule has 0 saturated carbocycles. The zero-order chi connectivity index (χ0) is 20.9. The van der Waals surface area contributed by atoms with Gasteiger partial charge < -0.3 is 14.7 Å². The number of hydrogen-bond acceptors (Lipinski definition) is 3.